The predicted octanol–water partition coefficient (Wildman–Crippen LogP) is 3.04. The number of carbonyl (C=O) groups excluding carboxylic acids is 2. The molecule has 0 aliphatic rings. The zero-order valence-corrected chi connectivity index (χ0v) is 15.7. The lowest BCUT2D eigenvalue weighted by atomic mass is 10.1. The number of halogens is 2. The van der Waals surface area contributed by atoms with Gasteiger partial charge in [0, 0.05) is 28.2 Å². The largest absolute Gasteiger partial charge is 0.506 e. The van der Waals surface area contributed by atoms with Crippen LogP contribution in [0.1, 0.15) is 26.3 Å². The molecule has 0 heterocycles. The number of hydrogen-bond acceptors (Lipinski definition) is 4. The van der Waals surface area contributed by atoms with E-state index in [9.17, 15) is 14.7 Å². The lowest BCUT2D eigenvalue weighted by Crippen LogP contribution is -2.19. The minimum absolute atomic E-state index is 0.0196. The summed E-state index contributed by atoms with van der Waals surface area (Å²) in [6.45, 7) is 0. The van der Waals surface area contributed by atoms with Gasteiger partial charge in [0.25, 0.3) is 11.8 Å². The Bertz CT molecular complexity index is 805. The molecule has 0 aromatic heterocycles. The Morgan fingerprint density at radius 3 is 2.25 bits per heavy atom. The van der Waals surface area contributed by atoms with Gasteiger partial charge in [0.1, 0.15) is 5.75 Å². The van der Waals surface area contributed by atoms with E-state index < -0.39 is 5.91 Å². The maximum atomic E-state index is 12.0. The second-order valence-corrected chi connectivity index (χ2v) is 6.45. The van der Waals surface area contributed by atoms with Crippen LogP contribution in [0.5, 0.6) is 5.75 Å². The monoisotopic (exact) mass is 453 g/mol. The van der Waals surface area contributed by atoms with Crippen molar-refractivity contribution in [2.75, 3.05) is 7.05 Å². The van der Waals surface area contributed by atoms with Crippen LogP contribution in [0, 0.1) is 0 Å². The molecule has 0 spiro atoms. The first-order chi connectivity index (χ1) is 11.4. The fourth-order valence-electron chi connectivity index (χ4n) is 1.83. The Kier molecular flexibility index (Phi) is 6.10. The molecule has 8 heteroatoms. The van der Waals surface area contributed by atoms with Crippen LogP contribution in [-0.2, 0) is 0 Å². The molecule has 24 heavy (non-hydrogen) atoms. The molecule has 124 valence electrons. The van der Waals surface area contributed by atoms with Crippen molar-refractivity contribution >= 4 is 49.9 Å². The van der Waals surface area contributed by atoms with E-state index >= 15 is 0 Å². The summed E-state index contributed by atoms with van der Waals surface area (Å²) in [5.74, 6) is -0.634. The van der Waals surface area contributed by atoms with Gasteiger partial charge in [0.15, 0.2) is 0 Å². The summed E-state index contributed by atoms with van der Waals surface area (Å²) in [5, 5.41) is 16.2. The van der Waals surface area contributed by atoms with Gasteiger partial charge in [-0.1, -0.05) is 15.9 Å². The van der Waals surface area contributed by atoms with Crippen molar-refractivity contribution in [1.82, 2.24) is 10.7 Å². The summed E-state index contributed by atoms with van der Waals surface area (Å²) >= 11 is 6.52. The van der Waals surface area contributed by atoms with E-state index in [1.807, 2.05) is 0 Å². The highest BCUT2D eigenvalue weighted by molar-refractivity contribution is 9.11. The quantitative estimate of drug-likeness (QED) is 0.489. The number of aromatic hydroxyl groups is 1. The SMILES string of the molecule is CNC(=O)c1ccc(C(=O)N/N=C/c2cc(Br)cc(Br)c2O)cc1. The molecule has 0 saturated carbocycles. The first-order valence-electron chi connectivity index (χ1n) is 6.76. The Morgan fingerprint density at radius 2 is 1.67 bits per heavy atom. The highest BCUT2D eigenvalue weighted by Gasteiger charge is 2.08. The molecule has 0 unspecified atom stereocenters. The number of nitrogens with zero attached hydrogens (tertiary/aromatic N) is 1. The number of rotatable bonds is 4. The second kappa shape index (κ2) is 8.07. The maximum Gasteiger partial charge on any atom is 0.271 e. The van der Waals surface area contributed by atoms with E-state index in [0.717, 1.165) is 4.47 Å². The summed E-state index contributed by atoms with van der Waals surface area (Å²) in [5.41, 5.74) is 3.62. The number of phenolic OH excluding ortho intramolecular Hbond substituents is 1. The minimum atomic E-state index is -0.428. The van der Waals surface area contributed by atoms with Crippen molar-refractivity contribution in [3.05, 3.63) is 62.0 Å². The summed E-state index contributed by atoms with van der Waals surface area (Å²) in [6.07, 6.45) is 1.33. The molecule has 2 aromatic carbocycles. The lowest BCUT2D eigenvalue weighted by molar-refractivity contribution is 0.0946. The summed E-state index contributed by atoms with van der Waals surface area (Å²) in [7, 11) is 1.54. The Labute approximate surface area is 155 Å². The normalized spacial score (nSPS) is 10.6. The van der Waals surface area contributed by atoms with Gasteiger partial charge in [-0.25, -0.2) is 5.43 Å². The van der Waals surface area contributed by atoms with Crippen molar-refractivity contribution < 1.29 is 14.7 Å². The van der Waals surface area contributed by atoms with E-state index in [0.29, 0.717) is 21.2 Å². The van der Waals surface area contributed by atoms with Crippen LogP contribution in [0.2, 0.25) is 0 Å². The molecule has 0 saturated heterocycles. The number of carbonyl (C=O) groups is 2. The van der Waals surface area contributed by atoms with Crippen LogP contribution < -0.4 is 10.7 Å². The molecular formula is C16H13Br2N3O3. The van der Waals surface area contributed by atoms with Gasteiger partial charge in [0.05, 0.1) is 10.7 Å². The highest BCUT2D eigenvalue weighted by atomic mass is 79.9. The van der Waals surface area contributed by atoms with Crippen LogP contribution in [0.15, 0.2) is 50.4 Å². The summed E-state index contributed by atoms with van der Waals surface area (Å²) in [6, 6.07) is 9.52. The van der Waals surface area contributed by atoms with E-state index in [1.54, 1.807) is 24.3 Å². The Hall–Kier alpha value is -2.19. The highest BCUT2D eigenvalue weighted by Crippen LogP contribution is 2.30. The molecule has 6 nitrogen and oxygen atoms in total. The van der Waals surface area contributed by atoms with Gasteiger partial charge in [-0.3, -0.25) is 9.59 Å². The molecule has 0 aliphatic heterocycles. The van der Waals surface area contributed by atoms with Crippen LogP contribution in [-0.4, -0.2) is 30.2 Å². The van der Waals surface area contributed by atoms with Crippen molar-refractivity contribution in [1.29, 1.82) is 0 Å². The zero-order valence-electron chi connectivity index (χ0n) is 12.5. The van der Waals surface area contributed by atoms with E-state index in [4.69, 9.17) is 0 Å². The average molecular weight is 455 g/mol. The molecular weight excluding hydrogens is 442 g/mol. The molecule has 0 fully saturated rings. The molecule has 0 aliphatic carbocycles. The summed E-state index contributed by atoms with van der Waals surface area (Å²) in [4.78, 5) is 23.4. The molecule has 0 atom stereocenters. The summed E-state index contributed by atoms with van der Waals surface area (Å²) < 4.78 is 1.26. The molecule has 0 radical (unpaired) electrons. The fourth-order valence-corrected chi connectivity index (χ4v) is 3.08. The number of amides is 2. The van der Waals surface area contributed by atoms with E-state index in [-0.39, 0.29) is 11.7 Å². The Morgan fingerprint density at radius 1 is 1.08 bits per heavy atom. The van der Waals surface area contributed by atoms with Crippen molar-refractivity contribution in [2.24, 2.45) is 5.10 Å². The van der Waals surface area contributed by atoms with Crippen LogP contribution in [0.3, 0.4) is 0 Å². The average Bonchev–Trinajstić information content (AvgIpc) is 2.58. The second-order valence-electron chi connectivity index (χ2n) is 4.68. The molecule has 2 aromatic rings. The van der Waals surface area contributed by atoms with Gasteiger partial charge in [0.2, 0.25) is 0 Å². The third kappa shape index (κ3) is 4.42. The maximum absolute atomic E-state index is 12.0. The van der Waals surface area contributed by atoms with Crippen molar-refractivity contribution in [2.45, 2.75) is 0 Å². The van der Waals surface area contributed by atoms with Crippen molar-refractivity contribution in [3.8, 4) is 5.75 Å². The van der Waals surface area contributed by atoms with Gasteiger partial charge < -0.3 is 10.4 Å². The first kappa shape index (κ1) is 18.2. The predicted molar refractivity (Wildman–Crippen MR) is 98.4 cm³/mol. The van der Waals surface area contributed by atoms with Gasteiger partial charge >= 0.3 is 0 Å². The van der Waals surface area contributed by atoms with E-state index in [2.05, 4.69) is 47.7 Å². The smallest absolute Gasteiger partial charge is 0.271 e. The third-order valence-corrected chi connectivity index (χ3v) is 4.13. The van der Waals surface area contributed by atoms with E-state index in [1.165, 1.54) is 25.4 Å². The lowest BCUT2D eigenvalue weighted by Gasteiger charge is -2.04. The van der Waals surface area contributed by atoms with Gasteiger partial charge in [-0.15, -0.1) is 0 Å². The topological polar surface area (TPSA) is 90.8 Å². The molecule has 2 amide bonds. The first-order valence-corrected chi connectivity index (χ1v) is 8.34. The number of nitrogens with one attached hydrogen (secondary N) is 2. The molecule has 3 N–H and O–H groups in total. The van der Waals surface area contributed by atoms with Crippen molar-refractivity contribution in [3.63, 3.8) is 0 Å². The number of benzene rings is 2. The molecule has 0 bridgehead atoms. The molecule has 2 rings (SSSR count). The number of phenols is 1. The fraction of sp³-hybridized carbons (Fsp3) is 0.0625. The van der Waals surface area contributed by atoms with Gasteiger partial charge in [-0.05, 0) is 52.3 Å². The van der Waals surface area contributed by atoms with Gasteiger partial charge in [-0.2, -0.15) is 5.10 Å². The van der Waals surface area contributed by atoms with Crippen LogP contribution in [0.4, 0.5) is 0 Å². The minimum Gasteiger partial charge on any atom is -0.506 e. The zero-order chi connectivity index (χ0) is 17.7. The standard InChI is InChI=1S/C16H13Br2N3O3/c1-19-15(23)9-2-4-10(5-3-9)16(24)21-20-8-11-6-12(17)7-13(18)14(11)22/h2-8,22H,1H3,(H,19,23)(H,21,24)/b20-8+. The third-order valence-electron chi connectivity index (χ3n) is 3.06. The number of hydrogen-bond donors (Lipinski definition) is 3. The van der Waals surface area contributed by atoms with Crippen LogP contribution >= 0.6 is 31.9 Å². The van der Waals surface area contributed by atoms with Crippen LogP contribution in [0.25, 0.3) is 0 Å². The number of hydrazone groups is 1. The Balaban J connectivity index is 2.06.